The van der Waals surface area contributed by atoms with Crippen LogP contribution in [0, 0.1) is 11.6 Å². The summed E-state index contributed by atoms with van der Waals surface area (Å²) >= 11 is 0. The fourth-order valence-corrected chi connectivity index (χ4v) is 2.83. The standard InChI is InChI=1S/C15H12F2N2O/c16-8-6-12-9(13(17)7-8)3-4-10(12)14-11(15(18)20)2-1-5-19-14/h1-2,5-7,10H,3-4H2,(H2,18,20)/t10-/m1/s1. The maximum atomic E-state index is 13.7. The zero-order valence-corrected chi connectivity index (χ0v) is 10.6. The topological polar surface area (TPSA) is 56.0 Å². The summed E-state index contributed by atoms with van der Waals surface area (Å²) in [5.74, 6) is -2.04. The average molecular weight is 274 g/mol. The number of hydrogen-bond donors (Lipinski definition) is 1. The lowest BCUT2D eigenvalue weighted by Gasteiger charge is -2.14. The van der Waals surface area contributed by atoms with Crippen LogP contribution in [0.5, 0.6) is 0 Å². The van der Waals surface area contributed by atoms with Gasteiger partial charge in [-0.25, -0.2) is 8.78 Å². The highest BCUT2D eigenvalue weighted by molar-refractivity contribution is 5.94. The summed E-state index contributed by atoms with van der Waals surface area (Å²) < 4.78 is 27.2. The van der Waals surface area contributed by atoms with Gasteiger partial charge in [0.25, 0.3) is 5.91 Å². The Morgan fingerprint density at radius 1 is 1.35 bits per heavy atom. The molecule has 0 saturated heterocycles. The predicted molar refractivity (Wildman–Crippen MR) is 69.3 cm³/mol. The third-order valence-electron chi connectivity index (χ3n) is 3.69. The SMILES string of the molecule is NC(=O)c1cccnc1[C@@H]1CCc2c(F)cc(F)cc21. The normalized spacial score (nSPS) is 17.0. The Kier molecular flexibility index (Phi) is 2.97. The fraction of sp³-hybridized carbons (Fsp3) is 0.200. The lowest BCUT2D eigenvalue weighted by molar-refractivity contribution is 0.0998. The number of nitrogens with two attached hydrogens (primary N) is 1. The molecule has 1 aromatic heterocycles. The van der Waals surface area contributed by atoms with Gasteiger partial charge in [0.05, 0.1) is 11.3 Å². The van der Waals surface area contributed by atoms with E-state index in [-0.39, 0.29) is 5.92 Å². The summed E-state index contributed by atoms with van der Waals surface area (Å²) in [6.07, 6.45) is 2.64. The Morgan fingerprint density at radius 3 is 2.90 bits per heavy atom. The van der Waals surface area contributed by atoms with Gasteiger partial charge < -0.3 is 5.73 Å². The van der Waals surface area contributed by atoms with E-state index in [0.29, 0.717) is 35.2 Å². The molecule has 102 valence electrons. The Labute approximate surface area is 114 Å². The number of fused-ring (bicyclic) bond motifs is 1. The molecule has 1 aliphatic rings. The molecule has 0 bridgehead atoms. The van der Waals surface area contributed by atoms with Crippen molar-refractivity contribution < 1.29 is 13.6 Å². The summed E-state index contributed by atoms with van der Waals surface area (Å²) in [4.78, 5) is 15.7. The van der Waals surface area contributed by atoms with E-state index in [1.165, 1.54) is 6.07 Å². The largest absolute Gasteiger partial charge is 0.366 e. The van der Waals surface area contributed by atoms with Gasteiger partial charge in [-0.05, 0) is 42.2 Å². The molecule has 3 nitrogen and oxygen atoms in total. The first-order valence-electron chi connectivity index (χ1n) is 6.30. The van der Waals surface area contributed by atoms with Crippen LogP contribution in [0.1, 0.15) is 39.5 Å². The predicted octanol–water partition coefficient (Wildman–Crippen LogP) is 2.54. The molecule has 1 heterocycles. The molecule has 5 heteroatoms. The van der Waals surface area contributed by atoms with Gasteiger partial charge in [0, 0.05) is 18.2 Å². The summed E-state index contributed by atoms with van der Waals surface area (Å²) in [7, 11) is 0. The number of hydrogen-bond acceptors (Lipinski definition) is 2. The van der Waals surface area contributed by atoms with Crippen LogP contribution >= 0.6 is 0 Å². The van der Waals surface area contributed by atoms with Gasteiger partial charge in [0.2, 0.25) is 0 Å². The fourth-order valence-electron chi connectivity index (χ4n) is 2.83. The maximum absolute atomic E-state index is 13.7. The molecule has 0 aliphatic heterocycles. The number of primary amides is 1. The number of benzene rings is 1. The maximum Gasteiger partial charge on any atom is 0.250 e. The summed E-state index contributed by atoms with van der Waals surface area (Å²) in [6, 6.07) is 5.40. The Hall–Kier alpha value is -2.30. The quantitative estimate of drug-likeness (QED) is 0.915. The van der Waals surface area contributed by atoms with Crippen LogP contribution < -0.4 is 5.73 Å². The molecule has 0 spiro atoms. The van der Waals surface area contributed by atoms with Crippen molar-refractivity contribution in [1.82, 2.24) is 4.98 Å². The molecule has 1 amide bonds. The molecule has 1 atom stereocenters. The molecule has 1 aromatic carbocycles. The molecule has 3 rings (SSSR count). The van der Waals surface area contributed by atoms with E-state index in [1.807, 2.05) is 0 Å². The van der Waals surface area contributed by atoms with Gasteiger partial charge in [0.15, 0.2) is 0 Å². The van der Waals surface area contributed by atoms with Gasteiger partial charge in [-0.15, -0.1) is 0 Å². The zero-order valence-electron chi connectivity index (χ0n) is 10.6. The number of pyridine rings is 1. The van der Waals surface area contributed by atoms with Crippen molar-refractivity contribution in [2.45, 2.75) is 18.8 Å². The number of rotatable bonds is 2. The number of carbonyl (C=O) groups is 1. The summed E-state index contributed by atoms with van der Waals surface area (Å²) in [6.45, 7) is 0. The van der Waals surface area contributed by atoms with Gasteiger partial charge in [0.1, 0.15) is 11.6 Å². The van der Waals surface area contributed by atoms with Gasteiger partial charge in [-0.3, -0.25) is 9.78 Å². The van der Waals surface area contributed by atoms with Crippen molar-refractivity contribution in [3.05, 3.63) is 64.5 Å². The van der Waals surface area contributed by atoms with E-state index in [0.717, 1.165) is 6.07 Å². The van der Waals surface area contributed by atoms with E-state index in [9.17, 15) is 13.6 Å². The average Bonchev–Trinajstić information content (AvgIpc) is 2.82. The second kappa shape index (κ2) is 4.67. The molecular weight excluding hydrogens is 262 g/mol. The molecule has 0 saturated carbocycles. The van der Waals surface area contributed by atoms with E-state index in [4.69, 9.17) is 5.73 Å². The van der Waals surface area contributed by atoms with Crippen molar-refractivity contribution >= 4 is 5.91 Å². The van der Waals surface area contributed by atoms with Gasteiger partial charge in [-0.2, -0.15) is 0 Å². The van der Waals surface area contributed by atoms with E-state index < -0.39 is 17.5 Å². The molecule has 2 aromatic rings. The monoisotopic (exact) mass is 274 g/mol. The smallest absolute Gasteiger partial charge is 0.250 e. The van der Waals surface area contributed by atoms with E-state index >= 15 is 0 Å². The van der Waals surface area contributed by atoms with Crippen LogP contribution in [-0.2, 0) is 6.42 Å². The number of amides is 1. The third-order valence-corrected chi connectivity index (χ3v) is 3.69. The van der Waals surface area contributed by atoms with Crippen molar-refractivity contribution in [1.29, 1.82) is 0 Å². The lowest BCUT2D eigenvalue weighted by atomic mass is 9.93. The number of nitrogens with zero attached hydrogens (tertiary/aromatic N) is 1. The Morgan fingerprint density at radius 2 is 2.15 bits per heavy atom. The minimum Gasteiger partial charge on any atom is -0.366 e. The van der Waals surface area contributed by atoms with Crippen LogP contribution in [0.2, 0.25) is 0 Å². The first kappa shape index (κ1) is 12.7. The van der Waals surface area contributed by atoms with Gasteiger partial charge in [-0.1, -0.05) is 0 Å². The van der Waals surface area contributed by atoms with Crippen LogP contribution in [0.4, 0.5) is 8.78 Å². The first-order chi connectivity index (χ1) is 9.58. The van der Waals surface area contributed by atoms with E-state index in [1.54, 1.807) is 18.3 Å². The Bertz CT molecular complexity index is 700. The highest BCUT2D eigenvalue weighted by atomic mass is 19.1. The highest BCUT2D eigenvalue weighted by Crippen LogP contribution is 2.39. The minimum atomic E-state index is -0.621. The van der Waals surface area contributed by atoms with E-state index in [2.05, 4.69) is 4.98 Å². The van der Waals surface area contributed by atoms with Crippen molar-refractivity contribution in [2.75, 3.05) is 0 Å². The molecule has 1 aliphatic carbocycles. The first-order valence-corrected chi connectivity index (χ1v) is 6.30. The molecule has 2 N–H and O–H groups in total. The minimum absolute atomic E-state index is 0.293. The third kappa shape index (κ3) is 1.95. The number of aromatic nitrogens is 1. The zero-order chi connectivity index (χ0) is 14.3. The highest BCUT2D eigenvalue weighted by Gasteiger charge is 2.30. The van der Waals surface area contributed by atoms with Crippen LogP contribution in [-0.4, -0.2) is 10.9 Å². The second-order valence-electron chi connectivity index (χ2n) is 4.85. The number of carbonyl (C=O) groups excluding carboxylic acids is 1. The van der Waals surface area contributed by atoms with Gasteiger partial charge >= 0.3 is 0 Å². The lowest BCUT2D eigenvalue weighted by Crippen LogP contribution is -2.16. The van der Waals surface area contributed by atoms with Crippen LogP contribution in [0.25, 0.3) is 0 Å². The number of halogens is 2. The van der Waals surface area contributed by atoms with Crippen molar-refractivity contribution in [2.24, 2.45) is 5.73 Å². The van der Waals surface area contributed by atoms with Crippen molar-refractivity contribution in [3.63, 3.8) is 0 Å². The second-order valence-corrected chi connectivity index (χ2v) is 4.85. The molecule has 0 fully saturated rings. The molecular formula is C15H12F2N2O. The van der Waals surface area contributed by atoms with Crippen LogP contribution in [0.15, 0.2) is 30.5 Å². The Balaban J connectivity index is 2.15. The molecule has 0 radical (unpaired) electrons. The summed E-state index contributed by atoms with van der Waals surface area (Å²) in [5, 5.41) is 0. The molecule has 20 heavy (non-hydrogen) atoms. The summed E-state index contributed by atoms with van der Waals surface area (Å²) in [5.41, 5.74) is 7.18. The van der Waals surface area contributed by atoms with Crippen molar-refractivity contribution in [3.8, 4) is 0 Å². The van der Waals surface area contributed by atoms with Crippen LogP contribution in [0.3, 0.4) is 0 Å². The molecule has 0 unspecified atom stereocenters.